The van der Waals surface area contributed by atoms with Gasteiger partial charge in [-0.25, -0.2) is 14.4 Å². The van der Waals surface area contributed by atoms with E-state index in [0.29, 0.717) is 16.8 Å². The van der Waals surface area contributed by atoms with Gasteiger partial charge in [-0.2, -0.15) is 0 Å². The molecule has 0 spiro atoms. The number of nitrogens with zero attached hydrogens (tertiary/aromatic N) is 1. The lowest BCUT2D eigenvalue weighted by Gasteiger charge is -2.27. The summed E-state index contributed by atoms with van der Waals surface area (Å²) >= 11 is 0. The van der Waals surface area contributed by atoms with Crippen LogP contribution in [-0.2, 0) is 32.2 Å². The molecule has 1 rings (SSSR count). The fraction of sp³-hybridized carbons (Fsp3) is 0.516. The molecule has 45 heavy (non-hydrogen) atoms. The summed E-state index contributed by atoms with van der Waals surface area (Å²) in [5.41, 5.74) is 5.57. The van der Waals surface area contributed by atoms with E-state index in [1.54, 1.807) is 52.8 Å². The molecule has 0 fully saturated rings. The number of benzene rings is 1. The normalized spacial score (nSPS) is 12.0. The van der Waals surface area contributed by atoms with Crippen LogP contribution in [0.3, 0.4) is 0 Å². The van der Waals surface area contributed by atoms with Crippen molar-refractivity contribution in [3.63, 3.8) is 0 Å². The first-order valence-electron chi connectivity index (χ1n) is 14.3. The Morgan fingerprint density at radius 3 is 2.29 bits per heavy atom. The van der Waals surface area contributed by atoms with Crippen molar-refractivity contribution in [1.82, 2.24) is 20.9 Å². The number of primary amides is 1. The highest BCUT2D eigenvalue weighted by Crippen LogP contribution is 2.20. The van der Waals surface area contributed by atoms with Crippen LogP contribution >= 0.6 is 0 Å². The fourth-order valence-corrected chi connectivity index (χ4v) is 3.95. The number of ether oxygens (including phenoxy) is 2. The van der Waals surface area contributed by atoms with E-state index in [1.807, 2.05) is 0 Å². The third-order valence-electron chi connectivity index (χ3n) is 6.05. The first-order chi connectivity index (χ1) is 21.1. The summed E-state index contributed by atoms with van der Waals surface area (Å²) in [6.07, 6.45) is 9.41. The van der Waals surface area contributed by atoms with Gasteiger partial charge in [0.2, 0.25) is 11.8 Å². The Bertz CT molecular complexity index is 1280. The standard InChI is InChI=1S/C31H44N6O8/c1-8-15-37(30(43)44-16-9-2)18-22-17-23(13-12-21(22)19-38)34-26(39)24(11-10-14-33-28(32)41)35-27(40)25(20(3)4)36-29(42)45-31(5,6)7/h1-2,12-13,17,20,24-25,38H,10-11,14-16,18-19H2,3-7H3,(H,34,39)(H,35,40)(H,36,42)(H3,32,33,41). The predicted molar refractivity (Wildman–Crippen MR) is 167 cm³/mol. The first-order valence-corrected chi connectivity index (χ1v) is 14.3. The van der Waals surface area contributed by atoms with Gasteiger partial charge in [-0.3, -0.25) is 14.5 Å². The van der Waals surface area contributed by atoms with E-state index in [2.05, 4.69) is 33.1 Å². The van der Waals surface area contributed by atoms with Gasteiger partial charge in [-0.05, 0) is 62.8 Å². The number of rotatable bonds is 15. The molecule has 246 valence electrons. The summed E-state index contributed by atoms with van der Waals surface area (Å²) < 4.78 is 10.3. The number of hydrogen-bond acceptors (Lipinski definition) is 8. The van der Waals surface area contributed by atoms with Crippen LogP contribution in [0.25, 0.3) is 0 Å². The molecule has 1 aromatic carbocycles. The van der Waals surface area contributed by atoms with Crippen LogP contribution in [0.4, 0.5) is 20.1 Å². The van der Waals surface area contributed by atoms with Crippen LogP contribution in [0.2, 0.25) is 0 Å². The predicted octanol–water partition coefficient (Wildman–Crippen LogP) is 1.81. The Morgan fingerprint density at radius 2 is 1.73 bits per heavy atom. The van der Waals surface area contributed by atoms with Crippen molar-refractivity contribution in [2.45, 2.75) is 78.3 Å². The van der Waals surface area contributed by atoms with E-state index < -0.39 is 47.7 Å². The zero-order valence-electron chi connectivity index (χ0n) is 26.4. The zero-order valence-corrected chi connectivity index (χ0v) is 26.4. The summed E-state index contributed by atoms with van der Waals surface area (Å²) in [7, 11) is 0. The highest BCUT2D eigenvalue weighted by Gasteiger charge is 2.30. The monoisotopic (exact) mass is 628 g/mol. The van der Waals surface area contributed by atoms with Gasteiger partial charge < -0.3 is 41.6 Å². The summed E-state index contributed by atoms with van der Waals surface area (Å²) in [5.74, 6) is 2.99. The lowest BCUT2D eigenvalue weighted by molar-refractivity contribution is -0.128. The Labute approximate surface area is 264 Å². The summed E-state index contributed by atoms with van der Waals surface area (Å²) in [6.45, 7) is 7.89. The van der Waals surface area contributed by atoms with Crippen molar-refractivity contribution in [2.75, 3.05) is 25.0 Å². The van der Waals surface area contributed by atoms with Crippen LogP contribution in [0, 0.1) is 30.6 Å². The number of anilines is 1. The van der Waals surface area contributed by atoms with Gasteiger partial charge in [0.1, 0.15) is 17.7 Å². The maximum atomic E-state index is 13.5. The zero-order chi connectivity index (χ0) is 34.2. The number of carbonyl (C=O) groups is 5. The molecular weight excluding hydrogens is 584 g/mol. The maximum Gasteiger partial charge on any atom is 0.411 e. The molecule has 6 amide bonds. The lowest BCUT2D eigenvalue weighted by Crippen LogP contribution is -2.55. The van der Waals surface area contributed by atoms with Crippen molar-refractivity contribution in [2.24, 2.45) is 11.7 Å². The largest absolute Gasteiger partial charge is 0.444 e. The van der Waals surface area contributed by atoms with Crippen LogP contribution in [-0.4, -0.2) is 77.4 Å². The summed E-state index contributed by atoms with van der Waals surface area (Å²) in [5, 5.41) is 20.3. The third-order valence-corrected chi connectivity index (χ3v) is 6.05. The maximum absolute atomic E-state index is 13.5. The number of hydrogen-bond donors (Lipinski definition) is 6. The number of terminal acetylenes is 2. The first kappa shape index (κ1) is 38.1. The van der Waals surface area contributed by atoms with Crippen LogP contribution in [0.5, 0.6) is 0 Å². The van der Waals surface area contributed by atoms with E-state index in [9.17, 15) is 29.1 Å². The molecule has 1 aromatic rings. The molecule has 0 aliphatic rings. The molecule has 0 saturated heterocycles. The van der Waals surface area contributed by atoms with Gasteiger partial charge in [0.15, 0.2) is 6.61 Å². The number of aliphatic hydroxyl groups excluding tert-OH is 1. The molecule has 7 N–H and O–H groups in total. The lowest BCUT2D eigenvalue weighted by atomic mass is 10.0. The Morgan fingerprint density at radius 1 is 1.04 bits per heavy atom. The van der Waals surface area contributed by atoms with Crippen molar-refractivity contribution in [3.8, 4) is 24.7 Å². The number of nitrogens with two attached hydrogens (primary N) is 1. The molecular formula is C31H44N6O8. The minimum atomic E-state index is -1.09. The average molecular weight is 629 g/mol. The number of aliphatic hydroxyl groups is 1. The molecule has 2 atom stereocenters. The van der Waals surface area contributed by atoms with E-state index in [1.165, 1.54) is 4.90 Å². The highest BCUT2D eigenvalue weighted by molar-refractivity contribution is 5.98. The quantitative estimate of drug-likeness (QED) is 0.125. The van der Waals surface area contributed by atoms with Gasteiger partial charge in [0.25, 0.3) is 0 Å². The second kappa shape index (κ2) is 18.7. The number of carbonyl (C=O) groups excluding carboxylic acids is 5. The number of nitrogens with one attached hydrogen (secondary N) is 4. The summed E-state index contributed by atoms with van der Waals surface area (Å²) in [4.78, 5) is 63.9. The van der Waals surface area contributed by atoms with E-state index in [4.69, 9.17) is 28.1 Å². The molecule has 0 heterocycles. The molecule has 0 saturated carbocycles. The van der Waals surface area contributed by atoms with Gasteiger partial charge in [-0.15, -0.1) is 12.8 Å². The average Bonchev–Trinajstić information content (AvgIpc) is 2.94. The smallest absolute Gasteiger partial charge is 0.411 e. The highest BCUT2D eigenvalue weighted by atomic mass is 16.6. The van der Waals surface area contributed by atoms with Crippen LogP contribution in [0.15, 0.2) is 18.2 Å². The fourth-order valence-electron chi connectivity index (χ4n) is 3.95. The van der Waals surface area contributed by atoms with Crippen molar-refractivity contribution in [3.05, 3.63) is 29.3 Å². The SMILES string of the molecule is C#CCOC(=O)N(CC#C)Cc1cc(NC(=O)C(CCCNC(N)=O)NC(=O)C(NC(=O)OC(C)(C)C)C(C)C)ccc1CO. The van der Waals surface area contributed by atoms with E-state index in [0.717, 1.165) is 0 Å². The minimum Gasteiger partial charge on any atom is -0.444 e. The van der Waals surface area contributed by atoms with E-state index in [-0.39, 0.29) is 51.6 Å². The second-order valence-corrected chi connectivity index (χ2v) is 11.3. The number of alkyl carbamates (subject to hydrolysis) is 1. The van der Waals surface area contributed by atoms with Crippen LogP contribution in [0.1, 0.15) is 58.6 Å². The van der Waals surface area contributed by atoms with Gasteiger partial charge >= 0.3 is 18.2 Å². The van der Waals surface area contributed by atoms with Crippen LogP contribution < -0.4 is 27.0 Å². The molecule has 14 nitrogen and oxygen atoms in total. The second-order valence-electron chi connectivity index (χ2n) is 11.3. The molecule has 0 aliphatic heterocycles. The van der Waals surface area contributed by atoms with Crippen molar-refractivity contribution < 1.29 is 38.6 Å². The molecule has 0 aromatic heterocycles. The third kappa shape index (κ3) is 14.4. The van der Waals surface area contributed by atoms with Gasteiger partial charge in [-0.1, -0.05) is 31.8 Å². The van der Waals surface area contributed by atoms with Gasteiger partial charge in [0.05, 0.1) is 19.7 Å². The number of urea groups is 1. The summed E-state index contributed by atoms with van der Waals surface area (Å²) in [6, 6.07) is 1.81. The Hall–Kier alpha value is -4.95. The molecule has 0 bridgehead atoms. The molecule has 14 heteroatoms. The molecule has 2 unspecified atom stereocenters. The Balaban J connectivity index is 3.23. The molecule has 0 aliphatic carbocycles. The van der Waals surface area contributed by atoms with E-state index >= 15 is 0 Å². The molecule has 0 radical (unpaired) electrons. The van der Waals surface area contributed by atoms with Gasteiger partial charge in [0, 0.05) is 12.2 Å². The topological polar surface area (TPSA) is 201 Å². The number of amides is 6. The van der Waals surface area contributed by atoms with Crippen molar-refractivity contribution >= 4 is 35.7 Å². The van der Waals surface area contributed by atoms with Crippen molar-refractivity contribution in [1.29, 1.82) is 0 Å². The Kier molecular flexibility index (Phi) is 15.8. The minimum absolute atomic E-state index is 0.0570.